The van der Waals surface area contributed by atoms with Crippen molar-refractivity contribution >= 4 is 23.4 Å². The molecule has 1 fully saturated rings. The topological polar surface area (TPSA) is 69.3 Å². The second-order valence-corrected chi connectivity index (χ2v) is 7.27. The van der Waals surface area contributed by atoms with E-state index in [1.807, 2.05) is 23.1 Å². The minimum absolute atomic E-state index is 0.0181. The maximum atomic E-state index is 12.7. The van der Waals surface area contributed by atoms with Crippen molar-refractivity contribution in [1.82, 2.24) is 20.0 Å². The van der Waals surface area contributed by atoms with Crippen LogP contribution in [0.1, 0.15) is 40.2 Å². The van der Waals surface area contributed by atoms with Crippen LogP contribution in [0.15, 0.2) is 24.3 Å². The van der Waals surface area contributed by atoms with Crippen LogP contribution in [0.4, 0.5) is 0 Å². The third-order valence-corrected chi connectivity index (χ3v) is 5.55. The number of nitrogens with one attached hydrogen (secondary N) is 1. The minimum atomic E-state index is -0.0274. The van der Waals surface area contributed by atoms with Gasteiger partial charge in [0.2, 0.25) is 5.91 Å². The van der Waals surface area contributed by atoms with Crippen LogP contribution >= 0.6 is 11.6 Å². The number of hydrogen-bond donors (Lipinski definition) is 1. The highest BCUT2D eigenvalue weighted by molar-refractivity contribution is 6.31. The monoisotopic (exact) mass is 372 g/mol. The quantitative estimate of drug-likeness (QED) is 0.899. The standard InChI is InChI=1S/C19H21ClN4O2/c20-15-6-2-1-5-13(15)11-17(25)24-10-7-16-14(12-24)18(22-21-16)19(26)23-8-3-4-9-23/h1-2,5-6H,3-4,7-12H2,(H,21,22). The maximum absolute atomic E-state index is 12.7. The summed E-state index contributed by atoms with van der Waals surface area (Å²) in [6.45, 7) is 2.62. The zero-order valence-corrected chi connectivity index (χ0v) is 15.3. The van der Waals surface area contributed by atoms with Gasteiger partial charge in [-0.2, -0.15) is 5.10 Å². The van der Waals surface area contributed by atoms with E-state index in [4.69, 9.17) is 11.6 Å². The summed E-state index contributed by atoms with van der Waals surface area (Å²) in [4.78, 5) is 29.1. The molecule has 0 atom stereocenters. The highest BCUT2D eigenvalue weighted by atomic mass is 35.5. The van der Waals surface area contributed by atoms with Gasteiger partial charge in [0.25, 0.3) is 5.91 Å². The van der Waals surface area contributed by atoms with Crippen LogP contribution in [0.5, 0.6) is 0 Å². The number of rotatable bonds is 3. The first-order chi connectivity index (χ1) is 12.6. The number of aromatic amines is 1. The fourth-order valence-electron chi connectivity index (χ4n) is 3.67. The summed E-state index contributed by atoms with van der Waals surface area (Å²) in [5.41, 5.74) is 3.12. The van der Waals surface area contributed by atoms with Gasteiger partial charge >= 0.3 is 0 Å². The summed E-state index contributed by atoms with van der Waals surface area (Å²) in [7, 11) is 0. The Bertz CT molecular complexity index is 842. The second-order valence-electron chi connectivity index (χ2n) is 6.86. The third kappa shape index (κ3) is 3.21. The van der Waals surface area contributed by atoms with E-state index in [-0.39, 0.29) is 18.2 Å². The normalized spacial score (nSPS) is 16.7. The molecule has 0 saturated carbocycles. The molecular formula is C19H21ClN4O2. The van der Waals surface area contributed by atoms with Crippen molar-refractivity contribution < 1.29 is 9.59 Å². The van der Waals surface area contributed by atoms with Gasteiger partial charge in [0, 0.05) is 48.9 Å². The van der Waals surface area contributed by atoms with Gasteiger partial charge in [-0.1, -0.05) is 29.8 Å². The molecule has 1 aromatic carbocycles. The number of amides is 2. The van der Waals surface area contributed by atoms with Crippen LogP contribution in [-0.4, -0.2) is 51.4 Å². The molecule has 7 heteroatoms. The van der Waals surface area contributed by atoms with E-state index in [9.17, 15) is 9.59 Å². The molecule has 2 aromatic rings. The lowest BCUT2D eigenvalue weighted by atomic mass is 10.0. The van der Waals surface area contributed by atoms with E-state index in [1.54, 1.807) is 11.0 Å². The van der Waals surface area contributed by atoms with E-state index < -0.39 is 0 Å². The van der Waals surface area contributed by atoms with E-state index in [2.05, 4.69) is 10.2 Å². The predicted octanol–water partition coefficient (Wildman–Crippen LogP) is 2.43. The van der Waals surface area contributed by atoms with Crippen LogP contribution in [0.2, 0.25) is 5.02 Å². The Morgan fingerprint density at radius 3 is 2.65 bits per heavy atom. The Balaban J connectivity index is 1.50. The molecule has 2 aliphatic heterocycles. The second kappa shape index (κ2) is 7.11. The molecule has 136 valence electrons. The van der Waals surface area contributed by atoms with Crippen LogP contribution in [-0.2, 0) is 24.2 Å². The Labute approximate surface area is 157 Å². The first kappa shape index (κ1) is 17.1. The molecule has 2 amide bonds. The van der Waals surface area contributed by atoms with Crippen LogP contribution in [0.3, 0.4) is 0 Å². The van der Waals surface area contributed by atoms with Crippen molar-refractivity contribution in [3.05, 3.63) is 51.8 Å². The summed E-state index contributed by atoms with van der Waals surface area (Å²) in [6.07, 6.45) is 3.04. The van der Waals surface area contributed by atoms with Gasteiger partial charge < -0.3 is 9.80 Å². The molecule has 2 aliphatic rings. The number of hydrogen-bond acceptors (Lipinski definition) is 3. The summed E-state index contributed by atoms with van der Waals surface area (Å²) < 4.78 is 0. The lowest BCUT2D eigenvalue weighted by molar-refractivity contribution is -0.131. The van der Waals surface area contributed by atoms with Crippen molar-refractivity contribution in [1.29, 1.82) is 0 Å². The average molecular weight is 373 g/mol. The highest BCUT2D eigenvalue weighted by Crippen LogP contribution is 2.24. The Kier molecular flexibility index (Phi) is 4.68. The number of carbonyl (C=O) groups excluding carboxylic acids is 2. The van der Waals surface area contributed by atoms with E-state index >= 15 is 0 Å². The van der Waals surface area contributed by atoms with Gasteiger partial charge in [-0.25, -0.2) is 0 Å². The lowest BCUT2D eigenvalue weighted by Gasteiger charge is -2.27. The zero-order chi connectivity index (χ0) is 18.1. The fourth-order valence-corrected chi connectivity index (χ4v) is 3.87. The maximum Gasteiger partial charge on any atom is 0.274 e. The Morgan fingerprint density at radius 2 is 1.88 bits per heavy atom. The SMILES string of the molecule is O=C(Cc1ccccc1Cl)N1CCc2[nH]nc(C(=O)N3CCCC3)c2C1. The number of nitrogens with zero attached hydrogens (tertiary/aromatic N) is 3. The predicted molar refractivity (Wildman–Crippen MR) is 98.0 cm³/mol. The first-order valence-electron chi connectivity index (χ1n) is 9.00. The van der Waals surface area contributed by atoms with Crippen molar-refractivity contribution in [2.45, 2.75) is 32.2 Å². The molecule has 0 radical (unpaired) electrons. The van der Waals surface area contributed by atoms with Gasteiger partial charge in [-0.3, -0.25) is 14.7 Å². The zero-order valence-electron chi connectivity index (χ0n) is 14.5. The smallest absolute Gasteiger partial charge is 0.274 e. The van der Waals surface area contributed by atoms with Crippen LogP contribution < -0.4 is 0 Å². The van der Waals surface area contributed by atoms with E-state index in [0.29, 0.717) is 30.2 Å². The summed E-state index contributed by atoms with van der Waals surface area (Å²) in [5.74, 6) is -0.00933. The number of benzene rings is 1. The number of aromatic nitrogens is 2. The summed E-state index contributed by atoms with van der Waals surface area (Å²) in [5, 5.41) is 7.85. The fraction of sp³-hybridized carbons (Fsp3) is 0.421. The molecule has 1 aromatic heterocycles. The minimum Gasteiger partial charge on any atom is -0.338 e. The van der Waals surface area contributed by atoms with Crippen molar-refractivity contribution in [3.63, 3.8) is 0 Å². The van der Waals surface area contributed by atoms with Crippen LogP contribution in [0, 0.1) is 0 Å². The van der Waals surface area contributed by atoms with E-state index in [0.717, 1.165) is 42.8 Å². The number of fused-ring (bicyclic) bond motifs is 1. The molecule has 1 N–H and O–H groups in total. The summed E-state index contributed by atoms with van der Waals surface area (Å²) >= 11 is 6.17. The number of halogens is 1. The van der Waals surface area contributed by atoms with Gasteiger partial charge in [-0.05, 0) is 24.5 Å². The molecule has 0 bridgehead atoms. The molecule has 0 spiro atoms. The van der Waals surface area contributed by atoms with Crippen molar-refractivity contribution in [3.8, 4) is 0 Å². The number of carbonyl (C=O) groups is 2. The van der Waals surface area contributed by atoms with Crippen molar-refractivity contribution in [2.75, 3.05) is 19.6 Å². The van der Waals surface area contributed by atoms with E-state index in [1.165, 1.54) is 0 Å². The van der Waals surface area contributed by atoms with Gasteiger partial charge in [0.15, 0.2) is 5.69 Å². The lowest BCUT2D eigenvalue weighted by Crippen LogP contribution is -2.38. The van der Waals surface area contributed by atoms with Gasteiger partial charge in [0.1, 0.15) is 0 Å². The van der Waals surface area contributed by atoms with Crippen LogP contribution in [0.25, 0.3) is 0 Å². The summed E-state index contributed by atoms with van der Waals surface area (Å²) in [6, 6.07) is 7.40. The molecule has 6 nitrogen and oxygen atoms in total. The Morgan fingerprint density at radius 1 is 1.12 bits per heavy atom. The molecule has 4 rings (SSSR count). The molecule has 26 heavy (non-hydrogen) atoms. The average Bonchev–Trinajstić information content (AvgIpc) is 3.32. The van der Waals surface area contributed by atoms with Gasteiger partial charge in [0.05, 0.1) is 6.42 Å². The highest BCUT2D eigenvalue weighted by Gasteiger charge is 2.30. The molecule has 0 unspecified atom stereocenters. The molecule has 1 saturated heterocycles. The number of likely N-dealkylation sites (tertiary alicyclic amines) is 1. The largest absolute Gasteiger partial charge is 0.338 e. The molecular weight excluding hydrogens is 352 g/mol. The first-order valence-corrected chi connectivity index (χ1v) is 9.38. The van der Waals surface area contributed by atoms with Gasteiger partial charge in [-0.15, -0.1) is 0 Å². The Hall–Kier alpha value is -2.34. The van der Waals surface area contributed by atoms with Crippen molar-refractivity contribution in [2.24, 2.45) is 0 Å². The molecule has 3 heterocycles. The third-order valence-electron chi connectivity index (χ3n) is 5.18. The molecule has 0 aliphatic carbocycles. The number of H-pyrrole nitrogens is 1.